The average molecular weight is 483 g/mol. The van der Waals surface area contributed by atoms with Crippen LogP contribution < -0.4 is 5.73 Å². The van der Waals surface area contributed by atoms with Crippen LogP contribution in [0, 0.1) is 5.95 Å². The maximum absolute atomic E-state index is 14.4. The van der Waals surface area contributed by atoms with Crippen molar-refractivity contribution in [1.29, 1.82) is 0 Å². The number of halogens is 1. The minimum Gasteiger partial charge on any atom is -0.369 e. The number of amides is 1. The van der Waals surface area contributed by atoms with Crippen molar-refractivity contribution in [2.24, 2.45) is 10.7 Å². The number of carbonyl (C=O) groups excluding carboxylic acids is 1. The van der Waals surface area contributed by atoms with Gasteiger partial charge < -0.3 is 5.73 Å². The van der Waals surface area contributed by atoms with Crippen molar-refractivity contribution in [3.8, 4) is 11.1 Å². The molecular weight excluding hydrogens is 459 g/mol. The molecule has 0 aliphatic carbocycles. The third-order valence-electron chi connectivity index (χ3n) is 5.80. The monoisotopic (exact) mass is 482 g/mol. The molecule has 4 rings (SSSR count). The molecule has 1 amide bonds. The van der Waals surface area contributed by atoms with E-state index in [1.165, 1.54) is 18.1 Å². The van der Waals surface area contributed by atoms with Gasteiger partial charge in [0.15, 0.2) is 11.5 Å². The summed E-state index contributed by atoms with van der Waals surface area (Å²) in [5.41, 5.74) is 7.18. The molecular formula is C24H23FN4O4S. The number of nitrogens with two attached hydrogens (primary N) is 1. The van der Waals surface area contributed by atoms with E-state index in [-0.39, 0.29) is 29.6 Å². The first kappa shape index (κ1) is 23.5. The number of likely N-dealkylation sites (N-methyl/N-ethyl adjacent to an activating group) is 1. The summed E-state index contributed by atoms with van der Waals surface area (Å²) in [4.78, 5) is 23.1. The lowest BCUT2D eigenvalue weighted by molar-refractivity contribution is -0.129. The van der Waals surface area contributed by atoms with Crippen molar-refractivity contribution >= 4 is 22.0 Å². The Morgan fingerprint density at radius 1 is 1.09 bits per heavy atom. The number of hydrogen-bond donors (Lipinski definition) is 2. The van der Waals surface area contributed by atoms with Gasteiger partial charge in [0.25, 0.3) is 16.0 Å². The van der Waals surface area contributed by atoms with Crippen molar-refractivity contribution in [1.82, 2.24) is 9.88 Å². The van der Waals surface area contributed by atoms with Crippen molar-refractivity contribution in [3.05, 3.63) is 89.5 Å². The van der Waals surface area contributed by atoms with Crippen LogP contribution in [0.5, 0.6) is 0 Å². The van der Waals surface area contributed by atoms with Crippen LogP contribution in [0.15, 0.2) is 71.9 Å². The molecule has 0 fully saturated rings. The van der Waals surface area contributed by atoms with Crippen molar-refractivity contribution in [2.45, 2.75) is 18.4 Å². The molecule has 10 heteroatoms. The fourth-order valence-corrected chi connectivity index (χ4v) is 4.62. The second kappa shape index (κ2) is 8.96. The van der Waals surface area contributed by atoms with E-state index in [1.807, 2.05) is 0 Å². The Balaban J connectivity index is 1.82. The third kappa shape index (κ3) is 4.42. The minimum absolute atomic E-state index is 0.0414. The molecule has 0 saturated heterocycles. The average Bonchev–Trinajstić information content (AvgIpc) is 3.04. The van der Waals surface area contributed by atoms with Gasteiger partial charge in [-0.3, -0.25) is 14.2 Å². The second-order valence-corrected chi connectivity index (χ2v) is 9.63. The lowest BCUT2D eigenvalue weighted by Crippen LogP contribution is -2.41. The van der Waals surface area contributed by atoms with E-state index in [0.717, 1.165) is 5.56 Å². The molecule has 3 aromatic rings. The highest BCUT2D eigenvalue weighted by atomic mass is 32.2. The number of hydrogen-bond acceptors (Lipinski definition) is 6. The van der Waals surface area contributed by atoms with Crippen LogP contribution in [0.1, 0.15) is 23.1 Å². The smallest absolute Gasteiger partial charge is 0.266 e. The van der Waals surface area contributed by atoms with Gasteiger partial charge in [0, 0.05) is 18.8 Å². The van der Waals surface area contributed by atoms with Crippen LogP contribution in [-0.4, -0.2) is 47.5 Å². The Hall–Kier alpha value is -3.63. The zero-order valence-electron chi connectivity index (χ0n) is 18.3. The van der Waals surface area contributed by atoms with E-state index in [1.54, 1.807) is 60.7 Å². The number of nitrogens with zero attached hydrogens (tertiary/aromatic N) is 3. The lowest BCUT2D eigenvalue weighted by atomic mass is 9.81. The first-order valence-electron chi connectivity index (χ1n) is 10.5. The minimum atomic E-state index is -4.07. The van der Waals surface area contributed by atoms with Gasteiger partial charge >= 0.3 is 0 Å². The molecule has 0 bridgehead atoms. The van der Waals surface area contributed by atoms with Gasteiger partial charge in [-0.2, -0.15) is 12.8 Å². The van der Waals surface area contributed by atoms with E-state index in [0.29, 0.717) is 23.1 Å². The van der Waals surface area contributed by atoms with Crippen LogP contribution in [0.2, 0.25) is 0 Å². The molecule has 1 aliphatic heterocycles. The molecule has 2 heterocycles. The van der Waals surface area contributed by atoms with Crippen molar-refractivity contribution in [2.75, 3.05) is 12.8 Å². The van der Waals surface area contributed by atoms with Crippen LogP contribution in [0.25, 0.3) is 11.1 Å². The Kier molecular flexibility index (Phi) is 6.20. The highest BCUT2D eigenvalue weighted by Gasteiger charge is 2.49. The highest BCUT2D eigenvalue weighted by Crippen LogP contribution is 2.41. The van der Waals surface area contributed by atoms with Gasteiger partial charge in [0.2, 0.25) is 5.95 Å². The first-order valence-corrected chi connectivity index (χ1v) is 12.1. The quantitative estimate of drug-likeness (QED) is 0.394. The zero-order valence-corrected chi connectivity index (χ0v) is 19.2. The molecule has 1 atom stereocenters. The number of aryl methyl sites for hydroxylation is 1. The third-order valence-corrected chi connectivity index (χ3v) is 6.61. The fraction of sp³-hybridized carbons (Fsp3) is 0.208. The number of benzene rings is 2. The van der Waals surface area contributed by atoms with Crippen LogP contribution in [0.4, 0.5) is 4.39 Å². The van der Waals surface area contributed by atoms with Crippen LogP contribution in [-0.2, 0) is 26.9 Å². The van der Waals surface area contributed by atoms with Gasteiger partial charge in [0.05, 0.1) is 5.75 Å². The highest BCUT2D eigenvalue weighted by molar-refractivity contribution is 7.85. The van der Waals surface area contributed by atoms with Crippen molar-refractivity contribution < 1.29 is 22.2 Å². The molecule has 1 aromatic heterocycles. The number of aromatic nitrogens is 1. The Labute approximate surface area is 196 Å². The molecule has 0 radical (unpaired) electrons. The van der Waals surface area contributed by atoms with Gasteiger partial charge in [-0.15, -0.1) is 0 Å². The predicted molar refractivity (Wildman–Crippen MR) is 126 cm³/mol. The van der Waals surface area contributed by atoms with Crippen LogP contribution in [0.3, 0.4) is 0 Å². The SMILES string of the molecule is CN1C(=O)C(c2cccc(CCCS(=O)(=O)O)c2)(c2cccc(-c3cccnc3F)c2)N=C1N. The number of carbonyl (C=O) groups is 1. The molecule has 1 aliphatic rings. The van der Waals surface area contributed by atoms with Gasteiger partial charge in [0.1, 0.15) is 0 Å². The maximum atomic E-state index is 14.4. The van der Waals surface area contributed by atoms with Crippen molar-refractivity contribution in [3.63, 3.8) is 0 Å². The van der Waals surface area contributed by atoms with Crippen LogP contribution >= 0.6 is 0 Å². The molecule has 0 spiro atoms. The van der Waals surface area contributed by atoms with E-state index in [4.69, 9.17) is 10.3 Å². The summed E-state index contributed by atoms with van der Waals surface area (Å²) >= 11 is 0. The zero-order chi connectivity index (χ0) is 24.5. The summed E-state index contributed by atoms with van der Waals surface area (Å²) in [6, 6.07) is 17.2. The summed E-state index contributed by atoms with van der Waals surface area (Å²) in [6.07, 6.45) is 1.94. The summed E-state index contributed by atoms with van der Waals surface area (Å²) in [6.45, 7) is 0. The molecule has 8 nitrogen and oxygen atoms in total. The van der Waals surface area contributed by atoms with E-state index in [9.17, 15) is 17.6 Å². The summed E-state index contributed by atoms with van der Waals surface area (Å²) in [5, 5.41) is 0. The standard InChI is InChI=1S/C24H23FN4O4S/c1-29-22(30)24(28-23(29)26,18-9-2-6-16(14-18)7-5-13-34(31,32)33)19-10-3-8-17(15-19)20-11-4-12-27-21(20)25/h2-4,6,8-12,14-15H,5,7,13H2,1H3,(H2,26,28)(H,31,32,33). The Bertz CT molecular complexity index is 1390. The summed E-state index contributed by atoms with van der Waals surface area (Å²) in [7, 11) is -2.54. The molecule has 3 N–H and O–H groups in total. The predicted octanol–water partition coefficient (Wildman–Crippen LogP) is 2.74. The van der Waals surface area contributed by atoms with Gasteiger partial charge in [-0.1, -0.05) is 42.5 Å². The molecule has 2 aromatic carbocycles. The molecule has 34 heavy (non-hydrogen) atoms. The number of rotatable bonds is 7. The number of pyridine rings is 1. The van der Waals surface area contributed by atoms with E-state index < -0.39 is 21.6 Å². The largest absolute Gasteiger partial charge is 0.369 e. The first-order chi connectivity index (χ1) is 16.1. The number of aliphatic imine (C=N–C) groups is 1. The summed E-state index contributed by atoms with van der Waals surface area (Å²) in [5.74, 6) is -1.33. The summed E-state index contributed by atoms with van der Waals surface area (Å²) < 4.78 is 45.5. The lowest BCUT2D eigenvalue weighted by Gasteiger charge is -2.27. The fourth-order valence-electron chi connectivity index (χ4n) is 4.11. The molecule has 176 valence electrons. The Morgan fingerprint density at radius 2 is 1.79 bits per heavy atom. The van der Waals surface area contributed by atoms with Gasteiger partial charge in [-0.25, -0.2) is 9.98 Å². The maximum Gasteiger partial charge on any atom is 0.266 e. The molecule has 1 unspecified atom stereocenters. The second-order valence-electron chi connectivity index (χ2n) is 8.06. The normalized spacial score (nSPS) is 18.3. The van der Waals surface area contributed by atoms with Gasteiger partial charge in [-0.05, 0) is 53.3 Å². The Morgan fingerprint density at radius 3 is 2.44 bits per heavy atom. The number of guanidine groups is 1. The topological polar surface area (TPSA) is 126 Å². The van der Waals surface area contributed by atoms with E-state index in [2.05, 4.69) is 9.98 Å². The molecule has 0 saturated carbocycles. The van der Waals surface area contributed by atoms with E-state index >= 15 is 0 Å².